The second-order valence-electron chi connectivity index (χ2n) is 7.47. The molecule has 1 saturated heterocycles. The molecule has 27 heavy (non-hydrogen) atoms. The molecule has 0 spiro atoms. The van der Waals surface area contributed by atoms with Crippen molar-refractivity contribution < 1.29 is 27.5 Å². The third kappa shape index (κ3) is 5.37. The fourth-order valence-corrected chi connectivity index (χ4v) is 3.19. The molecule has 2 amide bonds. The smallest absolute Gasteiger partial charge is 0.416 e. The fourth-order valence-electron chi connectivity index (χ4n) is 2.77. The predicted octanol–water partition coefficient (Wildman–Crippen LogP) is 4.55. The van der Waals surface area contributed by atoms with Crippen molar-refractivity contribution in [3.63, 3.8) is 0 Å². The van der Waals surface area contributed by atoms with Gasteiger partial charge in [-0.15, -0.1) is 0 Å². The Morgan fingerprint density at radius 2 is 1.81 bits per heavy atom. The molecule has 2 rings (SSSR count). The number of benzene rings is 1. The van der Waals surface area contributed by atoms with Crippen LogP contribution in [0.3, 0.4) is 0 Å². The maximum atomic E-state index is 12.9. The number of nitrogens with zero attached hydrogens (tertiary/aromatic N) is 2. The van der Waals surface area contributed by atoms with Crippen molar-refractivity contribution in [1.82, 2.24) is 9.80 Å². The van der Waals surface area contributed by atoms with Crippen LogP contribution in [0.2, 0.25) is 0 Å². The van der Waals surface area contributed by atoms with Gasteiger partial charge in [-0.05, 0) is 61.8 Å². The molecule has 0 aliphatic carbocycles. The van der Waals surface area contributed by atoms with E-state index in [1.807, 2.05) is 0 Å². The van der Waals surface area contributed by atoms with E-state index < -0.39 is 29.3 Å². The Bertz CT molecular complexity index is 732. The Morgan fingerprint density at radius 3 is 2.33 bits per heavy atom. The number of hydrogen-bond acceptors (Lipinski definition) is 3. The number of alkyl halides is 3. The molecule has 1 aliphatic rings. The van der Waals surface area contributed by atoms with E-state index >= 15 is 0 Å². The first-order valence-electron chi connectivity index (χ1n) is 8.45. The molecule has 9 heteroatoms. The van der Waals surface area contributed by atoms with E-state index in [4.69, 9.17) is 4.74 Å². The summed E-state index contributed by atoms with van der Waals surface area (Å²) in [5, 5.41) is 0. The van der Waals surface area contributed by atoms with Gasteiger partial charge in [0.05, 0.1) is 11.1 Å². The molecule has 0 saturated carbocycles. The minimum absolute atomic E-state index is 0.0530. The first-order chi connectivity index (χ1) is 12.3. The molecule has 1 atom stereocenters. The van der Waals surface area contributed by atoms with Gasteiger partial charge in [-0.25, -0.2) is 4.79 Å². The SMILES string of the molecule is C[C@@H]1CN(C(=O)c2cc(C(F)(F)F)ccc2Br)CCN1C(=O)OC(C)(C)C. The molecule has 0 aromatic heterocycles. The lowest BCUT2D eigenvalue weighted by Crippen LogP contribution is -2.56. The quantitative estimate of drug-likeness (QED) is 0.630. The van der Waals surface area contributed by atoms with E-state index in [0.29, 0.717) is 4.47 Å². The normalized spacial score (nSPS) is 18.4. The summed E-state index contributed by atoms with van der Waals surface area (Å²) in [6, 6.07) is 2.67. The number of ether oxygens (including phenoxy) is 1. The van der Waals surface area contributed by atoms with Gasteiger partial charge in [0.15, 0.2) is 0 Å². The molecule has 150 valence electrons. The van der Waals surface area contributed by atoms with Crippen molar-refractivity contribution >= 4 is 27.9 Å². The van der Waals surface area contributed by atoms with Gasteiger partial charge in [0, 0.05) is 30.1 Å². The van der Waals surface area contributed by atoms with E-state index in [0.717, 1.165) is 12.1 Å². The van der Waals surface area contributed by atoms with Gasteiger partial charge in [-0.1, -0.05) is 0 Å². The molecular formula is C18H22BrF3N2O3. The molecule has 1 heterocycles. The lowest BCUT2D eigenvalue weighted by molar-refractivity contribution is -0.137. The topological polar surface area (TPSA) is 49.9 Å². The molecule has 5 nitrogen and oxygen atoms in total. The highest BCUT2D eigenvalue weighted by molar-refractivity contribution is 9.10. The average molecular weight is 451 g/mol. The molecule has 0 unspecified atom stereocenters. The van der Waals surface area contributed by atoms with Gasteiger partial charge < -0.3 is 14.5 Å². The third-order valence-electron chi connectivity index (χ3n) is 4.07. The molecular weight excluding hydrogens is 429 g/mol. The van der Waals surface area contributed by atoms with Crippen LogP contribution in [0.5, 0.6) is 0 Å². The van der Waals surface area contributed by atoms with Gasteiger partial charge in [0.25, 0.3) is 5.91 Å². The van der Waals surface area contributed by atoms with Crippen LogP contribution in [-0.4, -0.2) is 53.1 Å². The molecule has 0 N–H and O–H groups in total. The van der Waals surface area contributed by atoms with Crippen LogP contribution in [0.1, 0.15) is 43.6 Å². The zero-order chi connectivity index (χ0) is 20.6. The van der Waals surface area contributed by atoms with E-state index in [9.17, 15) is 22.8 Å². The second kappa shape index (κ2) is 7.69. The van der Waals surface area contributed by atoms with Crippen LogP contribution >= 0.6 is 15.9 Å². The predicted molar refractivity (Wildman–Crippen MR) is 97.4 cm³/mol. The summed E-state index contributed by atoms with van der Waals surface area (Å²) in [6.45, 7) is 7.73. The fraction of sp³-hybridized carbons (Fsp3) is 0.556. The standard InChI is InChI=1S/C18H22BrF3N2O3/c1-11-10-23(7-8-24(11)16(26)27-17(2,3)4)15(25)13-9-12(18(20,21)22)5-6-14(13)19/h5-6,9,11H,7-8,10H2,1-4H3/t11-/m1/s1. The molecule has 1 aromatic carbocycles. The van der Waals surface area contributed by atoms with Crippen LogP contribution < -0.4 is 0 Å². The Balaban J connectivity index is 2.13. The van der Waals surface area contributed by atoms with Crippen molar-refractivity contribution in [1.29, 1.82) is 0 Å². The molecule has 1 fully saturated rings. The van der Waals surface area contributed by atoms with Gasteiger partial charge in [-0.3, -0.25) is 4.79 Å². The lowest BCUT2D eigenvalue weighted by Gasteiger charge is -2.40. The summed E-state index contributed by atoms with van der Waals surface area (Å²) in [4.78, 5) is 28.0. The van der Waals surface area contributed by atoms with Crippen LogP contribution in [0, 0.1) is 0 Å². The largest absolute Gasteiger partial charge is 0.444 e. The summed E-state index contributed by atoms with van der Waals surface area (Å²) in [5.74, 6) is -0.510. The summed E-state index contributed by atoms with van der Waals surface area (Å²) in [5.41, 5.74) is -1.57. The molecule has 1 aromatic rings. The summed E-state index contributed by atoms with van der Waals surface area (Å²) >= 11 is 3.15. The number of hydrogen-bond donors (Lipinski definition) is 0. The van der Waals surface area contributed by atoms with Crippen molar-refractivity contribution in [2.24, 2.45) is 0 Å². The van der Waals surface area contributed by atoms with Crippen molar-refractivity contribution in [3.8, 4) is 0 Å². The van der Waals surface area contributed by atoms with Gasteiger partial charge in [0.1, 0.15) is 5.60 Å². The number of carbonyl (C=O) groups is 2. The number of halogens is 4. The first-order valence-corrected chi connectivity index (χ1v) is 9.24. The number of amides is 2. The second-order valence-corrected chi connectivity index (χ2v) is 8.32. The summed E-state index contributed by atoms with van der Waals surface area (Å²) in [7, 11) is 0. The highest BCUT2D eigenvalue weighted by Crippen LogP contribution is 2.32. The van der Waals surface area contributed by atoms with E-state index in [2.05, 4.69) is 15.9 Å². The number of piperazine rings is 1. The maximum Gasteiger partial charge on any atom is 0.416 e. The lowest BCUT2D eigenvalue weighted by atomic mass is 10.1. The highest BCUT2D eigenvalue weighted by Gasteiger charge is 2.35. The van der Waals surface area contributed by atoms with Crippen LogP contribution in [0.4, 0.5) is 18.0 Å². The molecule has 0 bridgehead atoms. The van der Waals surface area contributed by atoms with E-state index in [-0.39, 0.29) is 31.2 Å². The Hall–Kier alpha value is -1.77. The first kappa shape index (κ1) is 21.5. The average Bonchev–Trinajstić information content (AvgIpc) is 2.51. The van der Waals surface area contributed by atoms with Crippen molar-refractivity contribution in [3.05, 3.63) is 33.8 Å². The van der Waals surface area contributed by atoms with Crippen LogP contribution in [0.15, 0.2) is 22.7 Å². The van der Waals surface area contributed by atoms with Crippen LogP contribution in [0.25, 0.3) is 0 Å². The van der Waals surface area contributed by atoms with E-state index in [1.165, 1.54) is 15.9 Å². The van der Waals surface area contributed by atoms with Gasteiger partial charge in [0.2, 0.25) is 0 Å². The van der Waals surface area contributed by atoms with Gasteiger partial charge in [-0.2, -0.15) is 13.2 Å². The van der Waals surface area contributed by atoms with Gasteiger partial charge >= 0.3 is 12.3 Å². The summed E-state index contributed by atoms with van der Waals surface area (Å²) < 4.78 is 44.5. The van der Waals surface area contributed by atoms with Crippen molar-refractivity contribution in [2.45, 2.75) is 45.5 Å². The number of rotatable bonds is 1. The minimum Gasteiger partial charge on any atom is -0.444 e. The van der Waals surface area contributed by atoms with E-state index in [1.54, 1.807) is 27.7 Å². The monoisotopic (exact) mass is 450 g/mol. The highest BCUT2D eigenvalue weighted by atomic mass is 79.9. The Labute approximate surface area is 164 Å². The minimum atomic E-state index is -4.53. The van der Waals surface area contributed by atoms with Crippen molar-refractivity contribution in [2.75, 3.05) is 19.6 Å². The Kier molecular flexibility index (Phi) is 6.13. The molecule has 1 aliphatic heterocycles. The molecule has 0 radical (unpaired) electrons. The third-order valence-corrected chi connectivity index (χ3v) is 4.76. The number of carbonyl (C=O) groups excluding carboxylic acids is 2. The Morgan fingerprint density at radius 1 is 1.19 bits per heavy atom. The summed E-state index contributed by atoms with van der Waals surface area (Å²) in [6.07, 6.45) is -5.00. The zero-order valence-electron chi connectivity index (χ0n) is 15.6. The van der Waals surface area contributed by atoms with Crippen LogP contribution in [-0.2, 0) is 10.9 Å². The zero-order valence-corrected chi connectivity index (χ0v) is 17.1. The maximum absolute atomic E-state index is 12.9.